The van der Waals surface area contributed by atoms with Gasteiger partial charge in [-0.15, -0.1) is 0 Å². The number of nitrogens with zero attached hydrogens (tertiary/aromatic N) is 3. The van der Waals surface area contributed by atoms with Crippen molar-refractivity contribution >= 4 is 44.6 Å². The molecule has 0 bridgehead atoms. The molecule has 2 saturated heterocycles. The van der Waals surface area contributed by atoms with Gasteiger partial charge in [-0.05, 0) is 48.7 Å². The fourth-order valence-corrected chi connectivity index (χ4v) is 6.36. The molecule has 0 aliphatic carbocycles. The van der Waals surface area contributed by atoms with E-state index in [-0.39, 0.29) is 6.17 Å². The first-order valence-electron chi connectivity index (χ1n) is 10.1. The van der Waals surface area contributed by atoms with Crippen molar-refractivity contribution < 1.29 is 13.2 Å². The molecule has 0 radical (unpaired) electrons. The number of benzene rings is 2. The van der Waals surface area contributed by atoms with Gasteiger partial charge in [0.2, 0.25) is 10.0 Å². The highest BCUT2D eigenvalue weighted by atomic mass is 35.5. The molecule has 9 heteroatoms. The van der Waals surface area contributed by atoms with Crippen molar-refractivity contribution in [3.05, 3.63) is 52.0 Å². The van der Waals surface area contributed by atoms with Gasteiger partial charge in [0.1, 0.15) is 6.17 Å². The van der Waals surface area contributed by atoms with Gasteiger partial charge in [0.25, 0.3) is 0 Å². The molecule has 2 aromatic rings. The normalized spacial score (nSPS) is 21.7. The van der Waals surface area contributed by atoms with E-state index in [9.17, 15) is 8.42 Å². The maximum Gasteiger partial charge on any atom is 0.243 e. The van der Waals surface area contributed by atoms with E-state index in [1.807, 2.05) is 30.3 Å². The summed E-state index contributed by atoms with van der Waals surface area (Å²) in [5, 5.41) is 1.06. The Morgan fingerprint density at radius 2 is 1.77 bits per heavy atom. The predicted octanol–water partition coefficient (Wildman–Crippen LogP) is 3.96. The molecule has 0 spiro atoms. The van der Waals surface area contributed by atoms with E-state index >= 15 is 0 Å². The van der Waals surface area contributed by atoms with E-state index in [4.69, 9.17) is 27.9 Å². The van der Waals surface area contributed by atoms with Crippen LogP contribution in [0.15, 0.2) is 41.3 Å². The monoisotopic (exact) mass is 467 g/mol. The van der Waals surface area contributed by atoms with Crippen LogP contribution in [0.5, 0.6) is 0 Å². The fraction of sp³-hybridized carbons (Fsp3) is 0.429. The highest BCUT2D eigenvalue weighted by Crippen LogP contribution is 2.46. The van der Waals surface area contributed by atoms with Crippen LogP contribution >= 0.6 is 23.2 Å². The first-order chi connectivity index (χ1) is 14.4. The van der Waals surface area contributed by atoms with Crippen molar-refractivity contribution in [2.75, 3.05) is 42.6 Å². The van der Waals surface area contributed by atoms with Gasteiger partial charge < -0.3 is 14.5 Å². The summed E-state index contributed by atoms with van der Waals surface area (Å²) in [4.78, 5) is 5.00. The number of ether oxygens (including phenoxy) is 1. The molecule has 30 heavy (non-hydrogen) atoms. The minimum absolute atomic E-state index is 0.232. The number of rotatable bonds is 4. The topological polar surface area (TPSA) is 53.1 Å². The van der Waals surface area contributed by atoms with E-state index in [0.29, 0.717) is 47.8 Å². The molecule has 5 rings (SSSR count). The van der Waals surface area contributed by atoms with Crippen LogP contribution in [0.3, 0.4) is 0 Å². The van der Waals surface area contributed by atoms with Crippen LogP contribution in [0.25, 0.3) is 0 Å². The number of halogens is 2. The number of sulfonamides is 1. The molecular formula is C21H23Cl2N3O3S. The molecule has 2 fully saturated rings. The minimum atomic E-state index is -3.55. The van der Waals surface area contributed by atoms with Crippen LogP contribution in [0.4, 0.5) is 11.4 Å². The van der Waals surface area contributed by atoms with Gasteiger partial charge in [0.15, 0.2) is 0 Å². The van der Waals surface area contributed by atoms with Crippen LogP contribution in [-0.4, -0.2) is 51.7 Å². The van der Waals surface area contributed by atoms with Crippen molar-refractivity contribution in [3.8, 4) is 0 Å². The lowest BCUT2D eigenvalue weighted by Gasteiger charge is -2.28. The summed E-state index contributed by atoms with van der Waals surface area (Å²) in [5.74, 6) is 0. The predicted molar refractivity (Wildman–Crippen MR) is 119 cm³/mol. The molecule has 1 unspecified atom stereocenters. The molecule has 3 aliphatic heterocycles. The van der Waals surface area contributed by atoms with E-state index in [1.165, 1.54) is 4.31 Å². The van der Waals surface area contributed by atoms with Crippen molar-refractivity contribution in [1.29, 1.82) is 0 Å². The molecule has 160 valence electrons. The lowest BCUT2D eigenvalue weighted by molar-refractivity contribution is 0.0730. The largest absolute Gasteiger partial charge is 0.379 e. The van der Waals surface area contributed by atoms with E-state index in [1.54, 1.807) is 6.07 Å². The molecule has 0 amide bonds. The molecule has 2 aromatic carbocycles. The fourth-order valence-electron chi connectivity index (χ4n) is 4.61. The summed E-state index contributed by atoms with van der Waals surface area (Å²) >= 11 is 12.3. The molecule has 6 nitrogen and oxygen atoms in total. The average molecular weight is 468 g/mol. The van der Waals surface area contributed by atoms with Gasteiger partial charge >= 0.3 is 0 Å². The van der Waals surface area contributed by atoms with Crippen molar-refractivity contribution in [1.82, 2.24) is 4.31 Å². The van der Waals surface area contributed by atoms with Crippen LogP contribution in [0, 0.1) is 0 Å². The maximum atomic E-state index is 13.2. The zero-order valence-electron chi connectivity index (χ0n) is 16.4. The van der Waals surface area contributed by atoms with Crippen LogP contribution < -0.4 is 9.80 Å². The molecule has 0 saturated carbocycles. The van der Waals surface area contributed by atoms with Gasteiger partial charge in [0, 0.05) is 26.2 Å². The lowest BCUT2D eigenvalue weighted by atomic mass is 10.1. The number of hydrogen-bond acceptors (Lipinski definition) is 5. The van der Waals surface area contributed by atoms with Crippen molar-refractivity contribution in [2.45, 2.75) is 30.4 Å². The van der Waals surface area contributed by atoms with E-state index in [2.05, 4.69) is 9.80 Å². The standard InChI is InChI=1S/C21H23Cl2N3O3S/c22-17-5-3-15(12-18(17)23)14-26-20-13-16(30(27,28)24-8-10-29-11-9-24)4-6-19(20)25-7-1-2-21(25)26/h3-6,12-13,21H,1-2,7-11,14H2. The molecule has 1 atom stereocenters. The van der Waals surface area contributed by atoms with Crippen molar-refractivity contribution in [2.24, 2.45) is 0 Å². The number of hydrogen-bond donors (Lipinski definition) is 0. The summed E-state index contributed by atoms with van der Waals surface area (Å²) in [6.07, 6.45) is 2.40. The van der Waals surface area contributed by atoms with Crippen LogP contribution in [-0.2, 0) is 21.3 Å². The second-order valence-electron chi connectivity index (χ2n) is 7.86. The SMILES string of the molecule is O=S(=O)(c1ccc2c(c1)N(Cc1ccc(Cl)c(Cl)c1)C1CCCN21)N1CCOCC1. The third kappa shape index (κ3) is 3.46. The first kappa shape index (κ1) is 20.4. The summed E-state index contributed by atoms with van der Waals surface area (Å²) in [5.41, 5.74) is 3.10. The lowest BCUT2D eigenvalue weighted by Crippen LogP contribution is -2.40. The molecule has 3 heterocycles. The highest BCUT2D eigenvalue weighted by molar-refractivity contribution is 7.89. The Kier molecular flexibility index (Phi) is 5.35. The molecule has 3 aliphatic rings. The molecule has 0 aromatic heterocycles. The number of anilines is 2. The first-order valence-corrected chi connectivity index (χ1v) is 12.3. The Morgan fingerprint density at radius 1 is 0.967 bits per heavy atom. The zero-order valence-corrected chi connectivity index (χ0v) is 18.8. The van der Waals surface area contributed by atoms with Crippen LogP contribution in [0.2, 0.25) is 10.0 Å². The second-order valence-corrected chi connectivity index (χ2v) is 10.6. The summed E-state index contributed by atoms with van der Waals surface area (Å²) in [7, 11) is -3.55. The Labute approximate surface area is 187 Å². The summed E-state index contributed by atoms with van der Waals surface area (Å²) < 4.78 is 33.2. The van der Waals surface area contributed by atoms with Gasteiger partial charge in [-0.2, -0.15) is 4.31 Å². The van der Waals surface area contributed by atoms with Crippen molar-refractivity contribution in [3.63, 3.8) is 0 Å². The average Bonchev–Trinajstić information content (AvgIpc) is 3.33. The highest BCUT2D eigenvalue weighted by Gasteiger charge is 2.40. The van der Waals surface area contributed by atoms with Gasteiger partial charge in [-0.25, -0.2) is 8.42 Å². The molecule has 0 N–H and O–H groups in total. The zero-order chi connectivity index (χ0) is 20.9. The van der Waals surface area contributed by atoms with Crippen LogP contribution in [0.1, 0.15) is 18.4 Å². The van der Waals surface area contributed by atoms with Gasteiger partial charge in [-0.1, -0.05) is 29.3 Å². The van der Waals surface area contributed by atoms with Gasteiger partial charge in [0.05, 0.1) is 39.5 Å². The number of fused-ring (bicyclic) bond motifs is 3. The van der Waals surface area contributed by atoms with E-state index in [0.717, 1.165) is 36.3 Å². The maximum absolute atomic E-state index is 13.2. The second kappa shape index (κ2) is 7.88. The van der Waals surface area contributed by atoms with E-state index < -0.39 is 10.0 Å². The Hall–Kier alpha value is -1.51. The Morgan fingerprint density at radius 3 is 2.53 bits per heavy atom. The Balaban J connectivity index is 1.51. The Bertz CT molecular complexity index is 1070. The summed E-state index contributed by atoms with van der Waals surface area (Å²) in [6.45, 7) is 3.27. The molecular weight excluding hydrogens is 445 g/mol. The third-order valence-electron chi connectivity index (χ3n) is 6.09. The smallest absolute Gasteiger partial charge is 0.243 e. The third-order valence-corrected chi connectivity index (χ3v) is 8.73. The minimum Gasteiger partial charge on any atom is -0.379 e. The summed E-state index contributed by atoms with van der Waals surface area (Å²) in [6, 6.07) is 11.2. The quantitative estimate of drug-likeness (QED) is 0.680. The van der Waals surface area contributed by atoms with Gasteiger partial charge in [-0.3, -0.25) is 0 Å². The number of morpholine rings is 1.